The van der Waals surface area contributed by atoms with E-state index in [1.165, 1.54) is 13.2 Å². The van der Waals surface area contributed by atoms with Crippen molar-refractivity contribution in [1.82, 2.24) is 9.97 Å². The smallest absolute Gasteiger partial charge is 0.141 e. The van der Waals surface area contributed by atoms with Crippen LogP contribution in [0.3, 0.4) is 0 Å². The number of ether oxygens (including phenoxy) is 1. The lowest BCUT2D eigenvalue weighted by Crippen LogP contribution is -1.89. The summed E-state index contributed by atoms with van der Waals surface area (Å²) in [7, 11) is 1.50. The summed E-state index contributed by atoms with van der Waals surface area (Å²) < 4.78 is 18.9. The first kappa shape index (κ1) is 12.0. The van der Waals surface area contributed by atoms with E-state index >= 15 is 0 Å². The Kier molecular flexibility index (Phi) is 2.87. The number of nitrogens with one attached hydrogen (secondary N) is 1. The zero-order valence-corrected chi connectivity index (χ0v) is 10.8. The molecule has 0 aliphatic rings. The predicted molar refractivity (Wildman–Crippen MR) is 73.0 cm³/mol. The van der Waals surface area contributed by atoms with Gasteiger partial charge in [-0.05, 0) is 30.3 Å². The molecule has 0 saturated carbocycles. The molecule has 96 valence electrons. The summed E-state index contributed by atoms with van der Waals surface area (Å²) >= 11 is 5.91. The average Bonchev–Trinajstić information content (AvgIpc) is 2.81. The number of fused-ring (bicyclic) bond motifs is 1. The fourth-order valence-electron chi connectivity index (χ4n) is 1.92. The van der Waals surface area contributed by atoms with Gasteiger partial charge in [-0.15, -0.1) is 0 Å². The topological polar surface area (TPSA) is 37.9 Å². The Morgan fingerprint density at radius 1 is 1.21 bits per heavy atom. The lowest BCUT2D eigenvalue weighted by atomic mass is 10.2. The molecule has 0 bridgehead atoms. The van der Waals surface area contributed by atoms with E-state index in [0.717, 1.165) is 11.0 Å². The summed E-state index contributed by atoms with van der Waals surface area (Å²) in [5, 5.41) is 0.609. The van der Waals surface area contributed by atoms with E-state index in [-0.39, 0.29) is 5.82 Å². The van der Waals surface area contributed by atoms with Gasteiger partial charge in [-0.2, -0.15) is 0 Å². The number of imidazole rings is 1. The van der Waals surface area contributed by atoms with E-state index in [2.05, 4.69) is 9.97 Å². The number of H-pyrrole nitrogens is 1. The quantitative estimate of drug-likeness (QED) is 0.767. The maximum Gasteiger partial charge on any atom is 0.141 e. The minimum Gasteiger partial charge on any atom is -0.497 e. The normalized spacial score (nSPS) is 10.9. The Bertz CT molecular complexity index is 754. The summed E-state index contributed by atoms with van der Waals surface area (Å²) in [6, 6.07) is 9.95. The Hall–Kier alpha value is -2.07. The molecule has 0 aliphatic heterocycles. The molecule has 0 saturated heterocycles. The van der Waals surface area contributed by atoms with Gasteiger partial charge in [0.05, 0.1) is 23.7 Å². The van der Waals surface area contributed by atoms with Gasteiger partial charge < -0.3 is 9.72 Å². The molecule has 1 N–H and O–H groups in total. The summed E-state index contributed by atoms with van der Waals surface area (Å²) in [5.74, 6) is 0.558. The monoisotopic (exact) mass is 276 g/mol. The van der Waals surface area contributed by atoms with Crippen LogP contribution in [0.1, 0.15) is 0 Å². The number of hydrogen-bond acceptors (Lipinski definition) is 2. The molecule has 3 rings (SSSR count). The Balaban J connectivity index is 2.13. The van der Waals surface area contributed by atoms with Gasteiger partial charge in [-0.1, -0.05) is 11.6 Å². The number of rotatable bonds is 2. The molecular formula is C14H10ClFN2O. The molecule has 1 aromatic heterocycles. The van der Waals surface area contributed by atoms with Crippen LogP contribution in [0.2, 0.25) is 5.02 Å². The molecule has 1 heterocycles. The van der Waals surface area contributed by atoms with Crippen LogP contribution in [-0.4, -0.2) is 17.1 Å². The van der Waals surface area contributed by atoms with E-state index in [9.17, 15) is 4.39 Å². The maximum atomic E-state index is 14.0. The summed E-state index contributed by atoms with van der Waals surface area (Å²) in [6.45, 7) is 0. The van der Waals surface area contributed by atoms with Crippen LogP contribution in [0.25, 0.3) is 22.4 Å². The van der Waals surface area contributed by atoms with Gasteiger partial charge >= 0.3 is 0 Å². The molecule has 3 nitrogen and oxygen atoms in total. The van der Waals surface area contributed by atoms with Crippen molar-refractivity contribution in [3.05, 3.63) is 47.2 Å². The van der Waals surface area contributed by atoms with E-state index in [1.807, 2.05) is 0 Å². The molecule has 0 unspecified atom stereocenters. The first-order valence-corrected chi connectivity index (χ1v) is 6.04. The highest BCUT2D eigenvalue weighted by atomic mass is 35.5. The van der Waals surface area contributed by atoms with Crippen LogP contribution in [-0.2, 0) is 0 Å². The number of hydrogen-bond donors (Lipinski definition) is 1. The first-order chi connectivity index (χ1) is 9.17. The van der Waals surface area contributed by atoms with Crippen LogP contribution in [0.4, 0.5) is 4.39 Å². The van der Waals surface area contributed by atoms with Crippen molar-refractivity contribution in [3.63, 3.8) is 0 Å². The second kappa shape index (κ2) is 4.55. The molecule has 0 atom stereocenters. The summed E-state index contributed by atoms with van der Waals surface area (Å²) in [5.41, 5.74) is 1.92. The number of methoxy groups -OCH3 is 1. The van der Waals surface area contributed by atoms with Crippen LogP contribution in [0.5, 0.6) is 5.75 Å². The lowest BCUT2D eigenvalue weighted by molar-refractivity contribution is 0.411. The zero-order chi connectivity index (χ0) is 13.4. The van der Waals surface area contributed by atoms with Crippen molar-refractivity contribution < 1.29 is 9.13 Å². The molecule has 0 spiro atoms. The van der Waals surface area contributed by atoms with Gasteiger partial charge in [-0.25, -0.2) is 9.37 Å². The Morgan fingerprint density at radius 3 is 2.79 bits per heavy atom. The van der Waals surface area contributed by atoms with Crippen LogP contribution >= 0.6 is 11.6 Å². The fraction of sp³-hybridized carbons (Fsp3) is 0.0714. The number of nitrogens with zero attached hydrogens (tertiary/aromatic N) is 1. The largest absolute Gasteiger partial charge is 0.497 e. The third-order valence-corrected chi connectivity index (χ3v) is 3.11. The van der Waals surface area contributed by atoms with Gasteiger partial charge in [0.15, 0.2) is 0 Å². The van der Waals surface area contributed by atoms with E-state index < -0.39 is 0 Å². The van der Waals surface area contributed by atoms with Crippen LogP contribution < -0.4 is 4.74 Å². The number of halogens is 2. The van der Waals surface area contributed by atoms with Crippen LogP contribution in [0.15, 0.2) is 36.4 Å². The van der Waals surface area contributed by atoms with Crippen molar-refractivity contribution in [3.8, 4) is 17.1 Å². The van der Waals surface area contributed by atoms with Crippen molar-refractivity contribution in [1.29, 1.82) is 0 Å². The number of benzene rings is 2. The van der Waals surface area contributed by atoms with Gasteiger partial charge in [0, 0.05) is 11.1 Å². The molecule has 0 radical (unpaired) electrons. The molecule has 3 aromatic rings. The van der Waals surface area contributed by atoms with E-state index in [0.29, 0.717) is 22.2 Å². The minimum absolute atomic E-state index is 0.385. The van der Waals surface area contributed by atoms with Crippen molar-refractivity contribution in [2.75, 3.05) is 7.11 Å². The van der Waals surface area contributed by atoms with E-state index in [4.69, 9.17) is 16.3 Å². The molecule has 0 amide bonds. The third kappa shape index (κ3) is 2.15. The zero-order valence-electron chi connectivity index (χ0n) is 10.1. The Labute approximate surface area is 114 Å². The third-order valence-electron chi connectivity index (χ3n) is 2.88. The highest BCUT2D eigenvalue weighted by Gasteiger charge is 2.11. The highest BCUT2D eigenvalue weighted by Crippen LogP contribution is 2.27. The molecule has 19 heavy (non-hydrogen) atoms. The second-order valence-electron chi connectivity index (χ2n) is 4.09. The fourth-order valence-corrected chi connectivity index (χ4v) is 2.10. The lowest BCUT2D eigenvalue weighted by Gasteiger charge is -2.02. The SMILES string of the molecule is COc1ccc(-c2nc3ccc(Cl)cc3[nH]2)c(F)c1. The number of aromatic amines is 1. The average molecular weight is 277 g/mol. The molecule has 5 heteroatoms. The first-order valence-electron chi connectivity index (χ1n) is 5.66. The second-order valence-corrected chi connectivity index (χ2v) is 4.53. The minimum atomic E-state index is -0.385. The van der Waals surface area contributed by atoms with Crippen LogP contribution in [0, 0.1) is 5.82 Å². The van der Waals surface area contributed by atoms with Gasteiger partial charge in [-0.3, -0.25) is 0 Å². The predicted octanol–water partition coefficient (Wildman–Crippen LogP) is 4.03. The maximum absolute atomic E-state index is 14.0. The van der Waals surface area contributed by atoms with Gasteiger partial charge in [0.25, 0.3) is 0 Å². The molecule has 0 aliphatic carbocycles. The number of aromatic nitrogens is 2. The molecule has 0 fully saturated rings. The molecular weight excluding hydrogens is 267 g/mol. The standard InChI is InChI=1S/C14H10ClFN2O/c1-19-9-3-4-10(11(16)7-9)14-17-12-5-2-8(15)6-13(12)18-14/h2-7H,1H3,(H,17,18). The van der Waals surface area contributed by atoms with Crippen molar-refractivity contribution >= 4 is 22.6 Å². The highest BCUT2D eigenvalue weighted by molar-refractivity contribution is 6.31. The summed E-state index contributed by atoms with van der Waals surface area (Å²) in [6.07, 6.45) is 0. The van der Waals surface area contributed by atoms with Gasteiger partial charge in [0.2, 0.25) is 0 Å². The summed E-state index contributed by atoms with van der Waals surface area (Å²) in [4.78, 5) is 7.40. The van der Waals surface area contributed by atoms with E-state index in [1.54, 1.807) is 30.3 Å². The Morgan fingerprint density at radius 2 is 2.05 bits per heavy atom. The van der Waals surface area contributed by atoms with Gasteiger partial charge in [0.1, 0.15) is 17.4 Å². The van der Waals surface area contributed by atoms with Crippen molar-refractivity contribution in [2.45, 2.75) is 0 Å². The van der Waals surface area contributed by atoms with Crippen molar-refractivity contribution in [2.24, 2.45) is 0 Å². The molecule has 2 aromatic carbocycles.